The van der Waals surface area contributed by atoms with Gasteiger partial charge in [0.05, 0.1) is 0 Å². The van der Waals surface area contributed by atoms with Crippen LogP contribution in [0.4, 0.5) is 5.82 Å². The van der Waals surface area contributed by atoms with E-state index in [0.29, 0.717) is 0 Å². The van der Waals surface area contributed by atoms with Crippen LogP contribution in [0.15, 0.2) is 24.3 Å². The second kappa shape index (κ2) is 5.53. The van der Waals surface area contributed by atoms with Gasteiger partial charge in [-0.2, -0.15) is 0 Å². The van der Waals surface area contributed by atoms with Crippen molar-refractivity contribution in [2.45, 2.75) is 25.7 Å². The first kappa shape index (κ1) is 11.7. The molecule has 0 aromatic carbocycles. The number of hydrogen-bond acceptors (Lipinski definition) is 3. The SMILES string of the molecule is C1=CCN(CCc2ccc3c(n2)NCCC3)CC1. The lowest BCUT2D eigenvalue weighted by Gasteiger charge is -2.23. The van der Waals surface area contributed by atoms with Crippen molar-refractivity contribution < 1.29 is 0 Å². The number of aryl methyl sites for hydroxylation is 1. The third kappa shape index (κ3) is 2.72. The van der Waals surface area contributed by atoms with Crippen molar-refractivity contribution >= 4 is 5.82 Å². The van der Waals surface area contributed by atoms with Crippen molar-refractivity contribution in [1.82, 2.24) is 9.88 Å². The van der Waals surface area contributed by atoms with Crippen molar-refractivity contribution in [3.63, 3.8) is 0 Å². The van der Waals surface area contributed by atoms with Crippen LogP contribution in [0.3, 0.4) is 0 Å². The van der Waals surface area contributed by atoms with Crippen LogP contribution in [0.1, 0.15) is 24.1 Å². The zero-order valence-corrected chi connectivity index (χ0v) is 10.9. The highest BCUT2D eigenvalue weighted by Gasteiger charge is 2.11. The maximum absolute atomic E-state index is 4.74. The summed E-state index contributed by atoms with van der Waals surface area (Å²) in [5, 5.41) is 3.41. The number of fused-ring (bicyclic) bond motifs is 1. The second-order valence-electron chi connectivity index (χ2n) is 5.15. The fraction of sp³-hybridized carbons (Fsp3) is 0.533. The Labute approximate surface area is 109 Å². The van der Waals surface area contributed by atoms with Crippen LogP contribution in [0, 0.1) is 0 Å². The minimum absolute atomic E-state index is 1.06. The molecular formula is C15H21N3. The van der Waals surface area contributed by atoms with Crippen molar-refractivity contribution in [3.8, 4) is 0 Å². The van der Waals surface area contributed by atoms with Crippen LogP contribution in [-0.2, 0) is 12.8 Å². The summed E-state index contributed by atoms with van der Waals surface area (Å²) < 4.78 is 0. The summed E-state index contributed by atoms with van der Waals surface area (Å²) in [4.78, 5) is 7.24. The highest BCUT2D eigenvalue weighted by Crippen LogP contribution is 2.19. The molecule has 1 N–H and O–H groups in total. The summed E-state index contributed by atoms with van der Waals surface area (Å²) in [5.74, 6) is 1.12. The van der Waals surface area contributed by atoms with Crippen molar-refractivity contribution in [1.29, 1.82) is 0 Å². The Bertz CT molecular complexity index is 439. The molecule has 0 amide bonds. The van der Waals surface area contributed by atoms with E-state index in [4.69, 9.17) is 4.98 Å². The van der Waals surface area contributed by atoms with Gasteiger partial charge in [0.25, 0.3) is 0 Å². The maximum Gasteiger partial charge on any atom is 0.129 e. The fourth-order valence-corrected chi connectivity index (χ4v) is 2.67. The number of aromatic nitrogens is 1. The van der Waals surface area contributed by atoms with Crippen LogP contribution in [0.2, 0.25) is 0 Å². The Morgan fingerprint density at radius 1 is 1.28 bits per heavy atom. The summed E-state index contributed by atoms with van der Waals surface area (Å²) in [7, 11) is 0. The smallest absolute Gasteiger partial charge is 0.129 e. The van der Waals surface area contributed by atoms with Crippen LogP contribution < -0.4 is 5.32 Å². The molecule has 0 radical (unpaired) electrons. The first-order chi connectivity index (χ1) is 8.92. The predicted octanol–water partition coefficient (Wildman–Crippen LogP) is 2.24. The Kier molecular flexibility index (Phi) is 3.60. The third-order valence-corrected chi connectivity index (χ3v) is 3.78. The van der Waals surface area contributed by atoms with Crippen molar-refractivity contribution in [2.75, 3.05) is 31.5 Å². The van der Waals surface area contributed by atoms with Gasteiger partial charge in [-0.15, -0.1) is 0 Å². The Morgan fingerprint density at radius 3 is 3.17 bits per heavy atom. The average Bonchev–Trinajstić information content (AvgIpc) is 2.46. The number of pyridine rings is 1. The molecule has 1 aromatic heterocycles. The van der Waals surface area contributed by atoms with E-state index in [2.05, 4.69) is 34.5 Å². The zero-order chi connectivity index (χ0) is 12.2. The summed E-state index contributed by atoms with van der Waals surface area (Å²) >= 11 is 0. The maximum atomic E-state index is 4.74. The largest absolute Gasteiger partial charge is 0.370 e. The molecule has 3 rings (SSSR count). The quantitative estimate of drug-likeness (QED) is 0.825. The average molecular weight is 243 g/mol. The monoisotopic (exact) mass is 243 g/mol. The lowest BCUT2D eigenvalue weighted by Crippen LogP contribution is -2.29. The molecule has 1 aromatic rings. The van der Waals surface area contributed by atoms with E-state index in [9.17, 15) is 0 Å². The molecule has 2 aliphatic heterocycles. The summed E-state index contributed by atoms with van der Waals surface area (Å²) in [6.45, 7) is 4.49. The van der Waals surface area contributed by atoms with Gasteiger partial charge in [0.2, 0.25) is 0 Å². The van der Waals surface area contributed by atoms with Gasteiger partial charge in [-0.05, 0) is 30.9 Å². The van der Waals surface area contributed by atoms with E-state index in [1.165, 1.54) is 37.1 Å². The Hall–Kier alpha value is -1.35. The summed E-state index contributed by atoms with van der Waals surface area (Å²) in [6, 6.07) is 4.45. The lowest BCUT2D eigenvalue weighted by molar-refractivity contribution is 0.301. The molecule has 0 saturated carbocycles. The zero-order valence-electron chi connectivity index (χ0n) is 10.9. The molecule has 0 atom stereocenters. The first-order valence-electron chi connectivity index (χ1n) is 7.02. The first-order valence-corrected chi connectivity index (χ1v) is 7.02. The van der Waals surface area contributed by atoms with E-state index in [1.807, 2.05) is 0 Å². The molecule has 3 heterocycles. The Balaban J connectivity index is 1.60. The molecule has 0 aliphatic carbocycles. The standard InChI is InChI=1S/C15H21N3/c1-2-10-18(11-3-1)12-8-14-7-6-13-5-4-9-16-15(13)17-14/h1-2,6-7H,3-5,8-12H2,(H,16,17). The highest BCUT2D eigenvalue weighted by atomic mass is 15.1. The molecule has 96 valence electrons. The molecule has 0 spiro atoms. The molecular weight excluding hydrogens is 222 g/mol. The highest BCUT2D eigenvalue weighted by molar-refractivity contribution is 5.47. The predicted molar refractivity (Wildman–Crippen MR) is 74.9 cm³/mol. The van der Waals surface area contributed by atoms with Crippen LogP contribution in [0.5, 0.6) is 0 Å². The number of nitrogens with one attached hydrogen (secondary N) is 1. The Morgan fingerprint density at radius 2 is 2.28 bits per heavy atom. The third-order valence-electron chi connectivity index (χ3n) is 3.78. The number of rotatable bonds is 3. The van der Waals surface area contributed by atoms with Crippen molar-refractivity contribution in [3.05, 3.63) is 35.5 Å². The molecule has 0 bridgehead atoms. The number of anilines is 1. The van der Waals surface area contributed by atoms with Crippen molar-refractivity contribution in [2.24, 2.45) is 0 Å². The van der Waals surface area contributed by atoms with E-state index < -0.39 is 0 Å². The fourth-order valence-electron chi connectivity index (χ4n) is 2.67. The minimum atomic E-state index is 1.06. The van der Waals surface area contributed by atoms with Gasteiger partial charge in [0.15, 0.2) is 0 Å². The molecule has 3 heteroatoms. The van der Waals surface area contributed by atoms with Gasteiger partial charge < -0.3 is 5.32 Å². The van der Waals surface area contributed by atoms with Gasteiger partial charge in [0.1, 0.15) is 5.82 Å². The number of hydrogen-bond donors (Lipinski definition) is 1. The molecule has 0 fully saturated rings. The number of nitrogens with zero attached hydrogens (tertiary/aromatic N) is 2. The van der Waals surface area contributed by atoms with Crippen LogP contribution >= 0.6 is 0 Å². The van der Waals surface area contributed by atoms with Gasteiger partial charge >= 0.3 is 0 Å². The lowest BCUT2D eigenvalue weighted by atomic mass is 10.1. The normalized spacial score (nSPS) is 19.3. The molecule has 2 aliphatic rings. The molecule has 3 nitrogen and oxygen atoms in total. The molecule has 0 unspecified atom stereocenters. The molecule has 18 heavy (non-hydrogen) atoms. The molecule has 0 saturated heterocycles. The minimum Gasteiger partial charge on any atom is -0.370 e. The van der Waals surface area contributed by atoms with E-state index in [1.54, 1.807) is 0 Å². The second-order valence-corrected chi connectivity index (χ2v) is 5.15. The van der Waals surface area contributed by atoms with E-state index in [-0.39, 0.29) is 0 Å². The summed E-state index contributed by atoms with van der Waals surface area (Å²) in [6.07, 6.45) is 9.20. The van der Waals surface area contributed by atoms with Gasteiger partial charge in [-0.3, -0.25) is 4.90 Å². The topological polar surface area (TPSA) is 28.2 Å². The van der Waals surface area contributed by atoms with Gasteiger partial charge in [-0.25, -0.2) is 4.98 Å². The van der Waals surface area contributed by atoms with E-state index >= 15 is 0 Å². The van der Waals surface area contributed by atoms with Crippen LogP contribution in [-0.4, -0.2) is 36.1 Å². The van der Waals surface area contributed by atoms with Crippen LogP contribution in [0.25, 0.3) is 0 Å². The van der Waals surface area contributed by atoms with Gasteiger partial charge in [0, 0.05) is 38.3 Å². The summed E-state index contributed by atoms with van der Waals surface area (Å²) in [5.41, 5.74) is 2.60. The van der Waals surface area contributed by atoms with E-state index in [0.717, 1.165) is 31.9 Å². The van der Waals surface area contributed by atoms with Gasteiger partial charge in [-0.1, -0.05) is 18.2 Å².